The topological polar surface area (TPSA) is 9.23 Å². The predicted octanol–water partition coefficient (Wildman–Crippen LogP) is 4.28. The minimum absolute atomic E-state index is 0.234. The van der Waals surface area contributed by atoms with Gasteiger partial charge in [0.2, 0.25) is 0 Å². The Bertz CT molecular complexity index is 288. The SMILES string of the molecule is CC[C@H](C)Oc1ccc(Br)c(Cl)c1. The molecule has 0 heterocycles. The second-order valence-electron chi connectivity index (χ2n) is 2.91. The average molecular weight is 264 g/mol. The van der Waals surface area contributed by atoms with Crippen molar-refractivity contribution in [3.05, 3.63) is 27.7 Å². The lowest BCUT2D eigenvalue weighted by Crippen LogP contribution is -2.09. The van der Waals surface area contributed by atoms with E-state index in [9.17, 15) is 0 Å². The Hall–Kier alpha value is -0.210. The quantitative estimate of drug-likeness (QED) is 0.791. The van der Waals surface area contributed by atoms with E-state index in [0.717, 1.165) is 16.6 Å². The van der Waals surface area contributed by atoms with Gasteiger partial charge < -0.3 is 4.74 Å². The molecule has 0 aromatic heterocycles. The lowest BCUT2D eigenvalue weighted by atomic mass is 10.3. The zero-order valence-electron chi connectivity index (χ0n) is 7.68. The predicted molar refractivity (Wildman–Crippen MR) is 59.5 cm³/mol. The first-order chi connectivity index (χ1) is 6.13. The first-order valence-electron chi connectivity index (χ1n) is 4.25. The maximum absolute atomic E-state index is 5.91. The molecule has 0 amide bonds. The van der Waals surface area contributed by atoms with Crippen LogP contribution in [0, 0.1) is 0 Å². The normalized spacial score (nSPS) is 12.6. The molecule has 0 bridgehead atoms. The summed E-state index contributed by atoms with van der Waals surface area (Å²) < 4.78 is 6.49. The molecule has 1 aromatic carbocycles. The largest absolute Gasteiger partial charge is 0.491 e. The maximum Gasteiger partial charge on any atom is 0.121 e. The molecule has 0 saturated heterocycles. The van der Waals surface area contributed by atoms with E-state index >= 15 is 0 Å². The van der Waals surface area contributed by atoms with Crippen LogP contribution in [0.2, 0.25) is 5.02 Å². The van der Waals surface area contributed by atoms with Crippen molar-refractivity contribution in [1.82, 2.24) is 0 Å². The highest BCUT2D eigenvalue weighted by molar-refractivity contribution is 9.10. The Morgan fingerprint density at radius 2 is 2.23 bits per heavy atom. The van der Waals surface area contributed by atoms with Crippen LogP contribution in [0.4, 0.5) is 0 Å². The van der Waals surface area contributed by atoms with Gasteiger partial charge in [0.15, 0.2) is 0 Å². The van der Waals surface area contributed by atoms with Gasteiger partial charge in [-0.3, -0.25) is 0 Å². The number of hydrogen-bond donors (Lipinski definition) is 0. The summed E-state index contributed by atoms with van der Waals surface area (Å²) in [6.45, 7) is 4.13. The van der Waals surface area contributed by atoms with E-state index in [1.165, 1.54) is 0 Å². The Balaban J connectivity index is 2.73. The molecule has 0 unspecified atom stereocenters. The average Bonchev–Trinajstić information content (AvgIpc) is 2.11. The van der Waals surface area contributed by atoms with E-state index in [2.05, 4.69) is 22.9 Å². The Kier molecular flexibility index (Phi) is 4.07. The first-order valence-corrected chi connectivity index (χ1v) is 5.42. The minimum Gasteiger partial charge on any atom is -0.491 e. The Labute approximate surface area is 92.2 Å². The van der Waals surface area contributed by atoms with Crippen molar-refractivity contribution in [2.24, 2.45) is 0 Å². The van der Waals surface area contributed by atoms with Crippen LogP contribution >= 0.6 is 27.5 Å². The molecule has 72 valence electrons. The van der Waals surface area contributed by atoms with Crippen LogP contribution in [-0.4, -0.2) is 6.10 Å². The molecule has 0 aliphatic carbocycles. The zero-order valence-corrected chi connectivity index (χ0v) is 10.0. The van der Waals surface area contributed by atoms with Crippen LogP contribution in [0.1, 0.15) is 20.3 Å². The lowest BCUT2D eigenvalue weighted by Gasteiger charge is -2.12. The van der Waals surface area contributed by atoms with Crippen LogP contribution in [0.25, 0.3) is 0 Å². The van der Waals surface area contributed by atoms with Crippen molar-refractivity contribution < 1.29 is 4.74 Å². The first kappa shape index (κ1) is 10.9. The van der Waals surface area contributed by atoms with Gasteiger partial charge in [0.25, 0.3) is 0 Å². The Morgan fingerprint density at radius 3 is 2.77 bits per heavy atom. The van der Waals surface area contributed by atoms with Crippen LogP contribution in [-0.2, 0) is 0 Å². The molecule has 3 heteroatoms. The van der Waals surface area contributed by atoms with E-state index in [1.54, 1.807) is 0 Å². The molecule has 1 nitrogen and oxygen atoms in total. The molecule has 1 atom stereocenters. The number of ether oxygens (including phenoxy) is 1. The third-order valence-corrected chi connectivity index (χ3v) is 3.04. The summed E-state index contributed by atoms with van der Waals surface area (Å²) in [6, 6.07) is 5.61. The summed E-state index contributed by atoms with van der Waals surface area (Å²) >= 11 is 9.24. The van der Waals surface area contributed by atoms with Gasteiger partial charge in [-0.1, -0.05) is 18.5 Å². The van der Waals surface area contributed by atoms with Crippen molar-refractivity contribution in [3.63, 3.8) is 0 Å². The highest BCUT2D eigenvalue weighted by Crippen LogP contribution is 2.27. The summed E-state index contributed by atoms with van der Waals surface area (Å²) in [4.78, 5) is 0. The number of benzene rings is 1. The van der Waals surface area contributed by atoms with E-state index < -0.39 is 0 Å². The third kappa shape index (κ3) is 3.20. The molecule has 0 N–H and O–H groups in total. The molecule has 0 radical (unpaired) electrons. The molecular weight excluding hydrogens is 251 g/mol. The van der Waals surface area contributed by atoms with Gasteiger partial charge in [-0.2, -0.15) is 0 Å². The van der Waals surface area contributed by atoms with Crippen molar-refractivity contribution in [1.29, 1.82) is 0 Å². The van der Waals surface area contributed by atoms with Gasteiger partial charge in [-0.05, 0) is 47.5 Å². The van der Waals surface area contributed by atoms with Crippen molar-refractivity contribution in [2.75, 3.05) is 0 Å². The van der Waals surface area contributed by atoms with Crippen molar-refractivity contribution in [2.45, 2.75) is 26.4 Å². The smallest absolute Gasteiger partial charge is 0.121 e. The fourth-order valence-corrected chi connectivity index (χ4v) is 1.28. The van der Waals surface area contributed by atoms with Gasteiger partial charge in [0.1, 0.15) is 5.75 Å². The molecule has 0 aliphatic rings. The Morgan fingerprint density at radius 1 is 1.54 bits per heavy atom. The van der Waals surface area contributed by atoms with E-state index in [4.69, 9.17) is 16.3 Å². The van der Waals surface area contributed by atoms with Gasteiger partial charge in [0.05, 0.1) is 11.1 Å². The summed E-state index contributed by atoms with van der Waals surface area (Å²) in [5, 5.41) is 0.681. The highest BCUT2D eigenvalue weighted by atomic mass is 79.9. The molecule has 0 spiro atoms. The van der Waals surface area contributed by atoms with Crippen LogP contribution in [0.3, 0.4) is 0 Å². The molecule has 0 saturated carbocycles. The van der Waals surface area contributed by atoms with Gasteiger partial charge in [0, 0.05) is 4.47 Å². The molecule has 13 heavy (non-hydrogen) atoms. The van der Waals surface area contributed by atoms with Crippen LogP contribution in [0.5, 0.6) is 5.75 Å². The number of halogens is 2. The lowest BCUT2D eigenvalue weighted by molar-refractivity contribution is 0.217. The monoisotopic (exact) mass is 262 g/mol. The van der Waals surface area contributed by atoms with Gasteiger partial charge in [-0.25, -0.2) is 0 Å². The summed E-state index contributed by atoms with van der Waals surface area (Å²) in [7, 11) is 0. The fourth-order valence-electron chi connectivity index (χ4n) is 0.866. The summed E-state index contributed by atoms with van der Waals surface area (Å²) in [5.74, 6) is 0.822. The number of hydrogen-bond acceptors (Lipinski definition) is 1. The van der Waals surface area contributed by atoms with Gasteiger partial charge >= 0.3 is 0 Å². The van der Waals surface area contributed by atoms with E-state index in [1.807, 2.05) is 25.1 Å². The molecule has 0 fully saturated rings. The van der Waals surface area contributed by atoms with Gasteiger partial charge in [-0.15, -0.1) is 0 Å². The van der Waals surface area contributed by atoms with Crippen LogP contribution < -0.4 is 4.74 Å². The summed E-state index contributed by atoms with van der Waals surface area (Å²) in [5.41, 5.74) is 0. The van der Waals surface area contributed by atoms with Crippen molar-refractivity contribution in [3.8, 4) is 5.75 Å². The van der Waals surface area contributed by atoms with Crippen LogP contribution in [0.15, 0.2) is 22.7 Å². The molecular formula is C10H12BrClO. The van der Waals surface area contributed by atoms with E-state index in [-0.39, 0.29) is 6.10 Å². The summed E-state index contributed by atoms with van der Waals surface area (Å²) in [6.07, 6.45) is 1.23. The maximum atomic E-state index is 5.91. The second-order valence-corrected chi connectivity index (χ2v) is 4.17. The number of rotatable bonds is 3. The van der Waals surface area contributed by atoms with E-state index in [0.29, 0.717) is 5.02 Å². The van der Waals surface area contributed by atoms with Crippen molar-refractivity contribution >= 4 is 27.5 Å². The minimum atomic E-state index is 0.234. The highest BCUT2D eigenvalue weighted by Gasteiger charge is 2.03. The standard InChI is InChI=1S/C10H12BrClO/c1-3-7(2)13-8-4-5-9(11)10(12)6-8/h4-7H,3H2,1-2H3/t7-/m0/s1. The molecule has 1 aromatic rings. The third-order valence-electron chi connectivity index (χ3n) is 1.80. The zero-order chi connectivity index (χ0) is 9.84. The second kappa shape index (κ2) is 4.87. The molecule has 0 aliphatic heterocycles. The molecule has 1 rings (SSSR count). The fraction of sp³-hybridized carbons (Fsp3) is 0.400.